The van der Waals surface area contributed by atoms with Crippen molar-refractivity contribution in [1.29, 1.82) is 0 Å². The second-order valence-corrected chi connectivity index (χ2v) is 9.19. The predicted octanol–water partition coefficient (Wildman–Crippen LogP) is 4.60. The minimum Gasteiger partial charge on any atom is -0.352 e. The van der Waals surface area contributed by atoms with E-state index in [0.717, 1.165) is 46.2 Å². The highest BCUT2D eigenvalue weighted by molar-refractivity contribution is 7.22. The summed E-state index contributed by atoms with van der Waals surface area (Å²) in [4.78, 5) is 19.7. The quantitative estimate of drug-likeness (QED) is 0.466. The highest BCUT2D eigenvalue weighted by atomic mass is 32.1. The van der Waals surface area contributed by atoms with Gasteiger partial charge < -0.3 is 10.2 Å². The Morgan fingerprint density at radius 1 is 1.18 bits per heavy atom. The minimum absolute atomic E-state index is 0.0715. The molecule has 170 valence electrons. The van der Waals surface area contributed by atoms with E-state index in [9.17, 15) is 13.6 Å². The van der Waals surface area contributed by atoms with Gasteiger partial charge in [0.25, 0.3) is 0 Å². The smallest absolute Gasteiger partial charge is 0.225 e. The largest absolute Gasteiger partial charge is 0.352 e. The Morgan fingerprint density at radius 3 is 2.76 bits per heavy atom. The number of anilines is 1. The van der Waals surface area contributed by atoms with Gasteiger partial charge in [-0.05, 0) is 50.1 Å². The summed E-state index contributed by atoms with van der Waals surface area (Å²) in [6, 6.07) is 12.6. The molecule has 1 atom stereocenters. The topological polar surface area (TPSA) is 63.1 Å². The molecule has 5 rings (SSSR count). The molecule has 0 spiro atoms. The summed E-state index contributed by atoms with van der Waals surface area (Å²) in [6.07, 6.45) is 1.66. The van der Waals surface area contributed by atoms with Gasteiger partial charge in [-0.1, -0.05) is 29.5 Å². The van der Waals surface area contributed by atoms with Crippen molar-refractivity contribution in [1.82, 2.24) is 20.1 Å². The Hall–Kier alpha value is -3.33. The van der Waals surface area contributed by atoms with Crippen LogP contribution in [0.4, 0.5) is 13.9 Å². The fraction of sp³-hybridized carbons (Fsp3) is 0.292. The number of amides is 1. The number of thiazole rings is 1. The number of halogens is 2. The molecule has 33 heavy (non-hydrogen) atoms. The van der Waals surface area contributed by atoms with Crippen molar-refractivity contribution in [3.63, 3.8) is 0 Å². The Bertz CT molecular complexity index is 1300. The second kappa shape index (κ2) is 8.90. The number of hydrogen-bond acceptors (Lipinski definition) is 5. The van der Waals surface area contributed by atoms with E-state index in [1.807, 2.05) is 6.92 Å². The molecule has 1 unspecified atom stereocenters. The van der Waals surface area contributed by atoms with E-state index < -0.39 is 0 Å². The molecule has 6 nitrogen and oxygen atoms in total. The van der Waals surface area contributed by atoms with Crippen LogP contribution in [-0.4, -0.2) is 33.8 Å². The van der Waals surface area contributed by atoms with Crippen molar-refractivity contribution < 1.29 is 13.6 Å². The van der Waals surface area contributed by atoms with E-state index in [1.165, 1.54) is 18.2 Å². The molecule has 0 bridgehead atoms. The lowest BCUT2D eigenvalue weighted by molar-refractivity contribution is -0.125. The van der Waals surface area contributed by atoms with Crippen molar-refractivity contribution in [2.45, 2.75) is 26.3 Å². The molecule has 1 saturated heterocycles. The zero-order valence-corrected chi connectivity index (χ0v) is 18.9. The van der Waals surface area contributed by atoms with Crippen LogP contribution in [0.15, 0.2) is 48.5 Å². The molecule has 2 aromatic carbocycles. The van der Waals surface area contributed by atoms with Crippen molar-refractivity contribution in [3.8, 4) is 5.69 Å². The number of carbonyl (C=O) groups excluding carboxylic acids is 1. The van der Waals surface area contributed by atoms with E-state index in [2.05, 4.69) is 15.3 Å². The van der Waals surface area contributed by atoms with Gasteiger partial charge in [0.2, 0.25) is 5.91 Å². The summed E-state index contributed by atoms with van der Waals surface area (Å²) in [6.45, 7) is 3.48. The first kappa shape index (κ1) is 21.5. The van der Waals surface area contributed by atoms with Crippen LogP contribution in [0.5, 0.6) is 0 Å². The lowest BCUT2D eigenvalue weighted by Crippen LogP contribution is -2.43. The maximum atomic E-state index is 13.9. The summed E-state index contributed by atoms with van der Waals surface area (Å²) in [5.74, 6) is -0.876. The van der Waals surface area contributed by atoms with Crippen LogP contribution < -0.4 is 10.2 Å². The lowest BCUT2D eigenvalue weighted by atomic mass is 9.97. The number of nitrogens with one attached hydrogen (secondary N) is 1. The standard InChI is InChI=1S/C24H23F2N5OS/c1-15-21-22(31(29-15)19-10-8-18(25)9-11-19)28-24(33-21)30-12-4-6-17(14-30)23(32)27-13-16-5-2-3-7-20(16)26/h2-3,5,7-11,17H,4,6,12-14H2,1H3,(H,27,32). The fourth-order valence-electron chi connectivity index (χ4n) is 4.15. The average Bonchev–Trinajstić information content (AvgIpc) is 3.40. The van der Waals surface area contributed by atoms with E-state index in [4.69, 9.17) is 4.98 Å². The minimum atomic E-state index is -0.317. The number of carbonyl (C=O) groups is 1. The van der Waals surface area contributed by atoms with Gasteiger partial charge in [0.05, 0.1) is 22.0 Å². The van der Waals surface area contributed by atoms with Crippen LogP contribution in [0.3, 0.4) is 0 Å². The molecule has 4 aromatic rings. The summed E-state index contributed by atoms with van der Waals surface area (Å²) < 4.78 is 29.9. The van der Waals surface area contributed by atoms with Gasteiger partial charge in [-0.25, -0.2) is 13.5 Å². The first-order chi connectivity index (χ1) is 16.0. The molecule has 3 heterocycles. The van der Waals surface area contributed by atoms with Crippen LogP contribution in [0, 0.1) is 24.5 Å². The molecule has 0 saturated carbocycles. The average molecular weight is 468 g/mol. The number of aromatic nitrogens is 3. The van der Waals surface area contributed by atoms with Gasteiger partial charge in [0.1, 0.15) is 11.6 Å². The van der Waals surface area contributed by atoms with Gasteiger partial charge in [-0.3, -0.25) is 4.79 Å². The summed E-state index contributed by atoms with van der Waals surface area (Å²) in [7, 11) is 0. The van der Waals surface area contributed by atoms with Gasteiger partial charge in [-0.2, -0.15) is 10.1 Å². The number of piperidine rings is 1. The summed E-state index contributed by atoms with van der Waals surface area (Å²) >= 11 is 1.55. The molecular weight excluding hydrogens is 444 g/mol. The normalized spacial score (nSPS) is 16.3. The third-order valence-electron chi connectivity index (χ3n) is 5.92. The highest BCUT2D eigenvalue weighted by Gasteiger charge is 2.28. The number of fused-ring (bicyclic) bond motifs is 1. The maximum Gasteiger partial charge on any atom is 0.225 e. The van der Waals surface area contributed by atoms with Crippen molar-refractivity contribution >= 4 is 32.7 Å². The van der Waals surface area contributed by atoms with E-state index >= 15 is 0 Å². The number of hydrogen-bond donors (Lipinski definition) is 1. The molecule has 1 aliphatic heterocycles. The van der Waals surface area contributed by atoms with Crippen LogP contribution >= 0.6 is 11.3 Å². The lowest BCUT2D eigenvalue weighted by Gasteiger charge is -2.31. The van der Waals surface area contributed by atoms with Crippen molar-refractivity contribution in [3.05, 3.63) is 71.4 Å². The van der Waals surface area contributed by atoms with E-state index in [0.29, 0.717) is 12.1 Å². The molecule has 1 aliphatic rings. The fourth-order valence-corrected chi connectivity index (χ4v) is 5.18. The molecule has 2 aromatic heterocycles. The maximum absolute atomic E-state index is 13.9. The van der Waals surface area contributed by atoms with Gasteiger partial charge in [0.15, 0.2) is 10.8 Å². The number of benzene rings is 2. The number of aryl methyl sites for hydroxylation is 1. The van der Waals surface area contributed by atoms with Crippen LogP contribution in [0.1, 0.15) is 24.1 Å². The Kier molecular flexibility index (Phi) is 5.80. The third kappa shape index (κ3) is 4.32. The van der Waals surface area contributed by atoms with E-state index in [-0.39, 0.29) is 30.0 Å². The highest BCUT2D eigenvalue weighted by Crippen LogP contribution is 2.34. The zero-order valence-electron chi connectivity index (χ0n) is 18.1. The monoisotopic (exact) mass is 467 g/mol. The molecule has 1 N–H and O–H groups in total. The molecular formula is C24H23F2N5OS. The molecule has 0 aliphatic carbocycles. The van der Waals surface area contributed by atoms with Crippen LogP contribution in [0.25, 0.3) is 16.0 Å². The second-order valence-electron chi connectivity index (χ2n) is 8.22. The molecule has 0 radical (unpaired) electrons. The van der Waals surface area contributed by atoms with Gasteiger partial charge >= 0.3 is 0 Å². The SMILES string of the molecule is Cc1nn(-c2ccc(F)cc2)c2nc(N3CCCC(C(=O)NCc4ccccc4F)C3)sc12. The zero-order chi connectivity index (χ0) is 22.9. The van der Waals surface area contributed by atoms with Gasteiger partial charge in [-0.15, -0.1) is 0 Å². The number of nitrogens with zero attached hydrogens (tertiary/aromatic N) is 4. The van der Waals surface area contributed by atoms with Crippen molar-refractivity contribution in [2.24, 2.45) is 5.92 Å². The third-order valence-corrected chi connectivity index (χ3v) is 7.14. The number of rotatable bonds is 5. The van der Waals surface area contributed by atoms with E-state index in [1.54, 1.807) is 46.4 Å². The van der Waals surface area contributed by atoms with Crippen LogP contribution in [0.2, 0.25) is 0 Å². The molecule has 9 heteroatoms. The van der Waals surface area contributed by atoms with Crippen LogP contribution in [-0.2, 0) is 11.3 Å². The molecule has 1 fully saturated rings. The predicted molar refractivity (Wildman–Crippen MR) is 125 cm³/mol. The summed E-state index contributed by atoms with van der Waals surface area (Å²) in [5, 5.41) is 8.29. The summed E-state index contributed by atoms with van der Waals surface area (Å²) in [5.41, 5.74) is 2.81. The first-order valence-corrected chi connectivity index (χ1v) is 11.7. The molecule has 1 amide bonds. The Balaban J connectivity index is 1.32. The first-order valence-electron chi connectivity index (χ1n) is 10.9. The Labute approximate surface area is 193 Å². The Morgan fingerprint density at radius 2 is 1.97 bits per heavy atom. The van der Waals surface area contributed by atoms with Crippen molar-refractivity contribution in [2.75, 3.05) is 18.0 Å². The van der Waals surface area contributed by atoms with Gasteiger partial charge in [0, 0.05) is 25.2 Å².